The summed E-state index contributed by atoms with van der Waals surface area (Å²) in [7, 11) is 1.67. The molecule has 152 valence electrons. The second-order valence-corrected chi connectivity index (χ2v) is 7.59. The third kappa shape index (κ3) is 4.17. The van der Waals surface area contributed by atoms with Gasteiger partial charge in [0.25, 0.3) is 5.91 Å². The molecule has 1 aliphatic heterocycles. The van der Waals surface area contributed by atoms with E-state index in [0.29, 0.717) is 5.69 Å². The highest BCUT2D eigenvalue weighted by molar-refractivity contribution is 5.92. The van der Waals surface area contributed by atoms with Crippen molar-refractivity contribution in [3.63, 3.8) is 0 Å². The molecular formula is C21H26N6O2. The molecule has 0 aliphatic carbocycles. The van der Waals surface area contributed by atoms with Crippen LogP contribution in [0.1, 0.15) is 35.6 Å². The van der Waals surface area contributed by atoms with Crippen LogP contribution < -0.4 is 10.1 Å². The molecular weight excluding hydrogens is 368 g/mol. The lowest BCUT2D eigenvalue weighted by Crippen LogP contribution is -2.33. The second-order valence-electron chi connectivity index (χ2n) is 7.59. The fourth-order valence-corrected chi connectivity index (χ4v) is 3.60. The Morgan fingerprint density at radius 1 is 1.31 bits per heavy atom. The van der Waals surface area contributed by atoms with E-state index in [1.807, 2.05) is 55.1 Å². The lowest BCUT2D eigenvalue weighted by Gasteiger charge is -2.27. The number of ether oxygens (including phenoxy) is 1. The van der Waals surface area contributed by atoms with Gasteiger partial charge in [0.05, 0.1) is 31.2 Å². The van der Waals surface area contributed by atoms with Crippen LogP contribution >= 0.6 is 0 Å². The number of nitrogens with zero attached hydrogens (tertiary/aromatic N) is 4. The lowest BCUT2D eigenvalue weighted by molar-refractivity contribution is 0.0937. The van der Waals surface area contributed by atoms with Gasteiger partial charge in [0, 0.05) is 36.8 Å². The molecule has 8 heteroatoms. The molecule has 3 aromatic rings. The van der Waals surface area contributed by atoms with Crippen LogP contribution in [0.25, 0.3) is 11.3 Å². The predicted molar refractivity (Wildman–Crippen MR) is 110 cm³/mol. The first kappa shape index (κ1) is 19.2. The standard InChI is InChI=1S/C21H26N6O2/c1-14(2)23-21(28)19-10-17-13-26(7-8-27(17)25-19)12-16-11-22-24-20(16)15-5-4-6-18(9-15)29-3/h4-6,9-11,14H,7-8,12-13H2,1-3H3,(H,22,24)(H,23,28). The Labute approximate surface area is 169 Å². The Morgan fingerprint density at radius 2 is 2.17 bits per heavy atom. The SMILES string of the molecule is COc1cccc(-c2[nH]ncc2CN2CCn3nc(C(=O)NC(C)C)cc3C2)c1. The summed E-state index contributed by atoms with van der Waals surface area (Å²) in [6.07, 6.45) is 1.88. The molecule has 0 saturated heterocycles. The number of carbonyl (C=O) groups excluding carboxylic acids is 1. The summed E-state index contributed by atoms with van der Waals surface area (Å²) < 4.78 is 7.27. The normalized spacial score (nSPS) is 14.1. The van der Waals surface area contributed by atoms with Crippen molar-refractivity contribution in [2.45, 2.75) is 39.5 Å². The summed E-state index contributed by atoms with van der Waals surface area (Å²) in [4.78, 5) is 14.6. The summed E-state index contributed by atoms with van der Waals surface area (Å²) in [5, 5.41) is 14.7. The van der Waals surface area contributed by atoms with Gasteiger partial charge in [-0.3, -0.25) is 19.5 Å². The number of amides is 1. The summed E-state index contributed by atoms with van der Waals surface area (Å²) >= 11 is 0. The van der Waals surface area contributed by atoms with Crippen LogP contribution in [-0.2, 0) is 19.6 Å². The second kappa shape index (κ2) is 8.08. The molecule has 1 aromatic carbocycles. The number of hydrogen-bond acceptors (Lipinski definition) is 5. The number of methoxy groups -OCH3 is 1. The fourth-order valence-electron chi connectivity index (χ4n) is 3.60. The molecule has 0 saturated carbocycles. The van der Waals surface area contributed by atoms with Gasteiger partial charge >= 0.3 is 0 Å². The predicted octanol–water partition coefficient (Wildman–Crippen LogP) is 2.44. The van der Waals surface area contributed by atoms with E-state index in [1.165, 1.54) is 0 Å². The van der Waals surface area contributed by atoms with E-state index in [-0.39, 0.29) is 11.9 Å². The molecule has 2 aromatic heterocycles. The average Bonchev–Trinajstić information content (AvgIpc) is 3.34. The van der Waals surface area contributed by atoms with Gasteiger partial charge in [0.15, 0.2) is 5.69 Å². The number of benzene rings is 1. The van der Waals surface area contributed by atoms with Gasteiger partial charge in [0.2, 0.25) is 0 Å². The number of hydrogen-bond donors (Lipinski definition) is 2. The number of H-pyrrole nitrogens is 1. The highest BCUT2D eigenvalue weighted by Gasteiger charge is 2.22. The van der Waals surface area contributed by atoms with Gasteiger partial charge in [-0.1, -0.05) is 12.1 Å². The fraction of sp³-hybridized carbons (Fsp3) is 0.381. The molecule has 1 aliphatic rings. The summed E-state index contributed by atoms with van der Waals surface area (Å²) in [6, 6.07) is 9.93. The molecule has 0 radical (unpaired) electrons. The monoisotopic (exact) mass is 394 g/mol. The Hall–Kier alpha value is -3.13. The number of aromatic nitrogens is 4. The average molecular weight is 394 g/mol. The third-order valence-corrected chi connectivity index (χ3v) is 5.00. The van der Waals surface area contributed by atoms with Crippen molar-refractivity contribution < 1.29 is 9.53 Å². The van der Waals surface area contributed by atoms with Crippen LogP contribution in [0.15, 0.2) is 36.5 Å². The Balaban J connectivity index is 1.48. The molecule has 0 atom stereocenters. The summed E-state index contributed by atoms with van der Waals surface area (Å²) in [6.45, 7) is 7.02. The molecule has 8 nitrogen and oxygen atoms in total. The van der Waals surface area contributed by atoms with E-state index in [2.05, 4.69) is 25.5 Å². The number of rotatable bonds is 6. The molecule has 2 N–H and O–H groups in total. The number of carbonyl (C=O) groups is 1. The maximum absolute atomic E-state index is 12.2. The molecule has 3 heterocycles. The highest BCUT2D eigenvalue weighted by Crippen LogP contribution is 2.26. The van der Waals surface area contributed by atoms with E-state index < -0.39 is 0 Å². The molecule has 0 bridgehead atoms. The molecule has 0 unspecified atom stereocenters. The summed E-state index contributed by atoms with van der Waals surface area (Å²) in [5.41, 5.74) is 4.71. The van der Waals surface area contributed by atoms with E-state index in [1.54, 1.807) is 7.11 Å². The minimum absolute atomic E-state index is 0.0915. The first-order valence-corrected chi connectivity index (χ1v) is 9.80. The molecule has 4 rings (SSSR count). The summed E-state index contributed by atoms with van der Waals surface area (Å²) in [5.74, 6) is 0.695. The molecule has 0 spiro atoms. The zero-order chi connectivity index (χ0) is 20.4. The van der Waals surface area contributed by atoms with Crippen molar-refractivity contribution in [3.05, 3.63) is 53.5 Å². The minimum atomic E-state index is -0.122. The Kier molecular flexibility index (Phi) is 5.35. The van der Waals surface area contributed by atoms with Crippen molar-refractivity contribution in [1.29, 1.82) is 0 Å². The topological polar surface area (TPSA) is 88.1 Å². The van der Waals surface area contributed by atoms with Crippen molar-refractivity contribution >= 4 is 5.91 Å². The first-order chi connectivity index (χ1) is 14.0. The first-order valence-electron chi connectivity index (χ1n) is 9.80. The quantitative estimate of drug-likeness (QED) is 0.670. The zero-order valence-electron chi connectivity index (χ0n) is 17.0. The smallest absolute Gasteiger partial charge is 0.271 e. The van der Waals surface area contributed by atoms with Crippen molar-refractivity contribution in [3.8, 4) is 17.0 Å². The van der Waals surface area contributed by atoms with Gasteiger partial charge < -0.3 is 10.1 Å². The van der Waals surface area contributed by atoms with Crippen molar-refractivity contribution in [1.82, 2.24) is 30.2 Å². The largest absolute Gasteiger partial charge is 0.497 e. The van der Waals surface area contributed by atoms with E-state index >= 15 is 0 Å². The van der Waals surface area contributed by atoms with Crippen molar-refractivity contribution in [2.75, 3.05) is 13.7 Å². The van der Waals surface area contributed by atoms with Gasteiger partial charge in [-0.05, 0) is 32.0 Å². The third-order valence-electron chi connectivity index (χ3n) is 5.00. The maximum Gasteiger partial charge on any atom is 0.271 e. The van der Waals surface area contributed by atoms with Gasteiger partial charge in [-0.15, -0.1) is 0 Å². The van der Waals surface area contributed by atoms with Gasteiger partial charge in [0.1, 0.15) is 5.75 Å². The zero-order valence-corrected chi connectivity index (χ0v) is 17.0. The highest BCUT2D eigenvalue weighted by atomic mass is 16.5. The van der Waals surface area contributed by atoms with E-state index in [4.69, 9.17) is 4.74 Å². The van der Waals surface area contributed by atoms with Crippen LogP contribution in [0.5, 0.6) is 5.75 Å². The Bertz CT molecular complexity index is 1010. The lowest BCUT2D eigenvalue weighted by atomic mass is 10.1. The minimum Gasteiger partial charge on any atom is -0.497 e. The van der Waals surface area contributed by atoms with Crippen LogP contribution in [-0.4, -0.2) is 50.5 Å². The van der Waals surface area contributed by atoms with Crippen LogP contribution in [0, 0.1) is 0 Å². The maximum atomic E-state index is 12.2. The van der Waals surface area contributed by atoms with Gasteiger partial charge in [-0.25, -0.2) is 0 Å². The van der Waals surface area contributed by atoms with Crippen molar-refractivity contribution in [2.24, 2.45) is 0 Å². The number of aromatic amines is 1. The molecule has 29 heavy (non-hydrogen) atoms. The van der Waals surface area contributed by atoms with Crippen LogP contribution in [0.3, 0.4) is 0 Å². The van der Waals surface area contributed by atoms with E-state index in [9.17, 15) is 4.79 Å². The molecule has 0 fully saturated rings. The van der Waals surface area contributed by atoms with Crippen LogP contribution in [0.2, 0.25) is 0 Å². The molecule has 1 amide bonds. The Morgan fingerprint density at radius 3 is 2.97 bits per heavy atom. The van der Waals surface area contributed by atoms with Crippen LogP contribution in [0.4, 0.5) is 0 Å². The van der Waals surface area contributed by atoms with Gasteiger partial charge in [-0.2, -0.15) is 10.2 Å². The van der Waals surface area contributed by atoms with E-state index in [0.717, 1.165) is 54.4 Å². The number of nitrogens with one attached hydrogen (secondary N) is 2. The number of fused-ring (bicyclic) bond motifs is 1.